The summed E-state index contributed by atoms with van der Waals surface area (Å²) < 4.78 is 6.52. The minimum absolute atomic E-state index is 0.101. The molecule has 1 aromatic heterocycles. The van der Waals surface area contributed by atoms with E-state index in [0.717, 1.165) is 14.9 Å². The van der Waals surface area contributed by atoms with E-state index < -0.39 is 6.09 Å². The van der Waals surface area contributed by atoms with Gasteiger partial charge >= 0.3 is 12.1 Å². The summed E-state index contributed by atoms with van der Waals surface area (Å²) in [5, 5.41) is 9.21. The third-order valence-corrected chi connectivity index (χ3v) is 3.16. The first-order valence-corrected chi connectivity index (χ1v) is 6.99. The molecule has 1 heterocycles. The molecule has 2 aromatic rings. The van der Waals surface area contributed by atoms with Crippen LogP contribution in [-0.2, 0) is 0 Å². The molecule has 0 aliphatic rings. The molecule has 0 fully saturated rings. The lowest BCUT2D eigenvalue weighted by molar-refractivity contribution is 0.199. The molecule has 0 spiro atoms. The van der Waals surface area contributed by atoms with Crippen LogP contribution in [0.5, 0.6) is 0 Å². The summed E-state index contributed by atoms with van der Waals surface area (Å²) in [5.41, 5.74) is 0.849. The van der Waals surface area contributed by atoms with Crippen molar-refractivity contribution < 1.29 is 14.3 Å². The van der Waals surface area contributed by atoms with Crippen molar-refractivity contribution >= 4 is 28.0 Å². The Balaban J connectivity index is 2.26. The monoisotopic (exact) mass is 338 g/mol. The van der Waals surface area contributed by atoms with Gasteiger partial charge in [0.25, 0.3) is 0 Å². The van der Waals surface area contributed by atoms with Crippen LogP contribution in [0.25, 0.3) is 11.3 Å². The fraction of sp³-hybridized carbons (Fsp3) is 0.286. The van der Waals surface area contributed by atoms with Gasteiger partial charge in [0.15, 0.2) is 5.76 Å². The van der Waals surface area contributed by atoms with Crippen molar-refractivity contribution in [3.63, 3.8) is 0 Å². The summed E-state index contributed by atoms with van der Waals surface area (Å²) in [6.45, 7) is 4.22. The first-order chi connectivity index (χ1) is 9.47. The average molecular weight is 339 g/mol. The summed E-state index contributed by atoms with van der Waals surface area (Å²) in [5.74, 6) is 0.733. The molecule has 106 valence electrons. The van der Waals surface area contributed by atoms with E-state index in [1.807, 2.05) is 38.1 Å². The van der Waals surface area contributed by atoms with Crippen LogP contribution in [0.3, 0.4) is 0 Å². The second kappa shape index (κ2) is 6.09. The third kappa shape index (κ3) is 3.39. The van der Waals surface area contributed by atoms with Gasteiger partial charge in [-0.25, -0.2) is 14.7 Å². The molecule has 6 heteroatoms. The van der Waals surface area contributed by atoms with Gasteiger partial charge in [-0.05, 0) is 18.1 Å². The van der Waals surface area contributed by atoms with Gasteiger partial charge in [-0.3, -0.25) is 0 Å². The molecule has 0 saturated heterocycles. The second-order valence-corrected chi connectivity index (χ2v) is 5.72. The summed E-state index contributed by atoms with van der Waals surface area (Å²) in [7, 11) is 0. The summed E-state index contributed by atoms with van der Waals surface area (Å²) in [6, 6.07) is 7.63. The topological polar surface area (TPSA) is 66.6 Å². The van der Waals surface area contributed by atoms with Gasteiger partial charge in [-0.2, -0.15) is 0 Å². The SMILES string of the molecule is CC(C)CN(C(=O)O)c1ncc(-c2ccc(Br)cc2)o1. The predicted molar refractivity (Wildman–Crippen MR) is 79.8 cm³/mol. The van der Waals surface area contributed by atoms with Crippen molar-refractivity contribution in [3.8, 4) is 11.3 Å². The van der Waals surface area contributed by atoms with Crippen molar-refractivity contribution in [2.45, 2.75) is 13.8 Å². The number of nitrogens with zero attached hydrogens (tertiary/aromatic N) is 2. The first-order valence-electron chi connectivity index (χ1n) is 6.19. The lowest BCUT2D eigenvalue weighted by Gasteiger charge is -2.16. The van der Waals surface area contributed by atoms with Crippen LogP contribution in [0.4, 0.5) is 10.8 Å². The number of oxazole rings is 1. The quantitative estimate of drug-likeness (QED) is 0.905. The molecular formula is C14H15BrN2O3. The molecule has 1 N–H and O–H groups in total. The smallest absolute Gasteiger partial charge is 0.415 e. The van der Waals surface area contributed by atoms with Crippen molar-refractivity contribution in [3.05, 3.63) is 34.9 Å². The van der Waals surface area contributed by atoms with E-state index >= 15 is 0 Å². The van der Waals surface area contributed by atoms with Crippen molar-refractivity contribution in [2.75, 3.05) is 11.4 Å². The van der Waals surface area contributed by atoms with E-state index in [4.69, 9.17) is 4.42 Å². The van der Waals surface area contributed by atoms with Crippen LogP contribution in [0, 0.1) is 5.92 Å². The summed E-state index contributed by atoms with van der Waals surface area (Å²) in [6.07, 6.45) is 0.470. The number of hydrogen-bond acceptors (Lipinski definition) is 3. The zero-order chi connectivity index (χ0) is 14.7. The zero-order valence-electron chi connectivity index (χ0n) is 11.2. The Hall–Kier alpha value is -1.82. The van der Waals surface area contributed by atoms with Crippen LogP contribution < -0.4 is 4.90 Å². The lowest BCUT2D eigenvalue weighted by Crippen LogP contribution is -2.32. The highest BCUT2D eigenvalue weighted by atomic mass is 79.9. The van der Waals surface area contributed by atoms with Gasteiger partial charge in [0, 0.05) is 16.6 Å². The molecular weight excluding hydrogens is 324 g/mol. The number of anilines is 1. The van der Waals surface area contributed by atoms with E-state index in [1.54, 1.807) is 0 Å². The zero-order valence-corrected chi connectivity index (χ0v) is 12.8. The molecule has 0 saturated carbocycles. The third-order valence-electron chi connectivity index (χ3n) is 2.63. The standard InChI is InChI=1S/C14H15BrN2O3/c1-9(2)8-17(14(18)19)13-16-7-12(20-13)10-3-5-11(15)6-4-10/h3-7,9H,8H2,1-2H3,(H,18,19). The summed E-state index contributed by atoms with van der Waals surface area (Å²) >= 11 is 3.36. The highest BCUT2D eigenvalue weighted by molar-refractivity contribution is 9.10. The predicted octanol–water partition coefficient (Wildman–Crippen LogP) is 4.24. The van der Waals surface area contributed by atoms with Crippen LogP contribution in [0.2, 0.25) is 0 Å². The molecule has 0 aliphatic carbocycles. The van der Waals surface area contributed by atoms with Crippen LogP contribution >= 0.6 is 15.9 Å². The Morgan fingerprint density at radius 3 is 2.60 bits per heavy atom. The Labute approximate surface area is 125 Å². The van der Waals surface area contributed by atoms with Crippen molar-refractivity contribution in [1.82, 2.24) is 4.98 Å². The molecule has 0 bridgehead atoms. The highest BCUT2D eigenvalue weighted by Gasteiger charge is 2.21. The maximum atomic E-state index is 11.2. The average Bonchev–Trinajstić information content (AvgIpc) is 2.85. The normalized spacial score (nSPS) is 10.8. The van der Waals surface area contributed by atoms with Crippen LogP contribution in [0.1, 0.15) is 13.8 Å². The van der Waals surface area contributed by atoms with Gasteiger partial charge in [0.1, 0.15) is 0 Å². The van der Waals surface area contributed by atoms with Crippen LogP contribution in [-0.4, -0.2) is 22.7 Å². The van der Waals surface area contributed by atoms with Gasteiger partial charge in [0.2, 0.25) is 0 Å². The van der Waals surface area contributed by atoms with Crippen molar-refractivity contribution in [1.29, 1.82) is 0 Å². The van der Waals surface area contributed by atoms with E-state index in [9.17, 15) is 9.90 Å². The largest absolute Gasteiger partial charge is 0.465 e. The van der Waals surface area contributed by atoms with Crippen LogP contribution in [0.15, 0.2) is 39.4 Å². The fourth-order valence-corrected chi connectivity index (χ4v) is 2.00. The number of carbonyl (C=O) groups is 1. The number of halogens is 1. The highest BCUT2D eigenvalue weighted by Crippen LogP contribution is 2.26. The molecule has 2 rings (SSSR count). The maximum absolute atomic E-state index is 11.2. The first kappa shape index (κ1) is 14.6. The fourth-order valence-electron chi connectivity index (χ4n) is 1.74. The number of hydrogen-bond donors (Lipinski definition) is 1. The number of aromatic nitrogens is 1. The number of benzene rings is 1. The Bertz CT molecular complexity index is 593. The van der Waals surface area contributed by atoms with Crippen molar-refractivity contribution in [2.24, 2.45) is 5.92 Å². The molecule has 1 aromatic carbocycles. The molecule has 20 heavy (non-hydrogen) atoms. The van der Waals surface area contributed by atoms with E-state index in [2.05, 4.69) is 20.9 Å². The minimum atomic E-state index is -1.07. The Morgan fingerprint density at radius 2 is 2.05 bits per heavy atom. The van der Waals surface area contributed by atoms with Gasteiger partial charge < -0.3 is 9.52 Å². The van der Waals surface area contributed by atoms with Gasteiger partial charge in [-0.1, -0.05) is 41.9 Å². The molecule has 1 amide bonds. The number of amides is 1. The van der Waals surface area contributed by atoms with E-state index in [0.29, 0.717) is 12.3 Å². The van der Waals surface area contributed by atoms with E-state index in [1.165, 1.54) is 6.20 Å². The second-order valence-electron chi connectivity index (χ2n) is 4.80. The Kier molecular flexibility index (Phi) is 4.44. The molecule has 0 atom stereocenters. The minimum Gasteiger partial charge on any atom is -0.465 e. The molecule has 0 aliphatic heterocycles. The number of rotatable bonds is 4. The molecule has 0 radical (unpaired) electrons. The van der Waals surface area contributed by atoms with Gasteiger partial charge in [-0.15, -0.1) is 0 Å². The van der Waals surface area contributed by atoms with E-state index in [-0.39, 0.29) is 11.9 Å². The maximum Gasteiger partial charge on any atom is 0.415 e. The van der Waals surface area contributed by atoms with Gasteiger partial charge in [0.05, 0.1) is 6.20 Å². The summed E-state index contributed by atoms with van der Waals surface area (Å²) in [4.78, 5) is 16.4. The lowest BCUT2D eigenvalue weighted by atomic mass is 10.2. The molecule has 5 nitrogen and oxygen atoms in total. The number of carboxylic acid groups (broad SMARTS) is 1. The Morgan fingerprint density at radius 1 is 1.40 bits per heavy atom. The molecule has 0 unspecified atom stereocenters.